The first-order valence-corrected chi connectivity index (χ1v) is 11.1. The number of carboxylic acids is 1. The Kier molecular flexibility index (Phi) is 4.79. The van der Waals surface area contributed by atoms with E-state index in [0.29, 0.717) is 24.1 Å². The highest BCUT2D eigenvalue weighted by atomic mass is 16.4. The van der Waals surface area contributed by atoms with Crippen LogP contribution in [0, 0.1) is 0 Å². The van der Waals surface area contributed by atoms with Crippen LogP contribution in [0.3, 0.4) is 0 Å². The van der Waals surface area contributed by atoms with Gasteiger partial charge in [-0.3, -0.25) is 4.79 Å². The van der Waals surface area contributed by atoms with Crippen LogP contribution < -0.4 is 14.7 Å². The number of carbonyl (C=O) groups is 2. The van der Waals surface area contributed by atoms with Gasteiger partial charge in [0.2, 0.25) is 11.9 Å². The maximum absolute atomic E-state index is 13.0. The van der Waals surface area contributed by atoms with Crippen molar-refractivity contribution in [3.05, 3.63) is 35.5 Å². The summed E-state index contributed by atoms with van der Waals surface area (Å²) in [6.07, 6.45) is 7.77. The minimum Gasteiger partial charge on any atom is -0.478 e. The molecule has 3 aliphatic rings. The van der Waals surface area contributed by atoms with E-state index in [1.165, 1.54) is 12.8 Å². The number of likely N-dealkylation sites (N-methyl/N-ethyl adjacent to an activating group) is 1. The van der Waals surface area contributed by atoms with Gasteiger partial charge < -0.3 is 19.8 Å². The topological polar surface area (TPSA) is 89.9 Å². The third kappa shape index (κ3) is 3.12. The Labute approximate surface area is 181 Å². The Morgan fingerprint density at radius 3 is 2.71 bits per heavy atom. The van der Waals surface area contributed by atoms with Crippen molar-refractivity contribution in [3.63, 3.8) is 0 Å². The molecule has 2 aliphatic heterocycles. The zero-order chi connectivity index (χ0) is 21.7. The molecule has 0 saturated heterocycles. The number of anilines is 4. The van der Waals surface area contributed by atoms with Gasteiger partial charge in [-0.15, -0.1) is 0 Å². The summed E-state index contributed by atoms with van der Waals surface area (Å²) in [4.78, 5) is 39.9. The summed E-state index contributed by atoms with van der Waals surface area (Å²) in [6.45, 7) is 2.76. The van der Waals surface area contributed by atoms with Gasteiger partial charge in [0, 0.05) is 25.3 Å². The fraction of sp³-hybridized carbons (Fsp3) is 0.478. The number of aromatic nitrogens is 2. The molecule has 31 heavy (non-hydrogen) atoms. The third-order valence-electron chi connectivity index (χ3n) is 6.86. The van der Waals surface area contributed by atoms with E-state index in [2.05, 4.69) is 16.8 Å². The number of carboxylic acid groups (broad SMARTS) is 1. The fourth-order valence-corrected chi connectivity index (χ4v) is 5.25. The Morgan fingerprint density at radius 1 is 1.23 bits per heavy atom. The zero-order valence-corrected chi connectivity index (χ0v) is 17.9. The van der Waals surface area contributed by atoms with Gasteiger partial charge in [0.05, 0.1) is 11.8 Å². The van der Waals surface area contributed by atoms with E-state index in [4.69, 9.17) is 4.98 Å². The van der Waals surface area contributed by atoms with Crippen LogP contribution in [0.4, 0.5) is 23.1 Å². The highest BCUT2D eigenvalue weighted by Gasteiger charge is 2.41. The van der Waals surface area contributed by atoms with Gasteiger partial charge in [0.1, 0.15) is 11.7 Å². The normalized spacial score (nSPS) is 20.9. The summed E-state index contributed by atoms with van der Waals surface area (Å²) in [6, 6.07) is 5.33. The lowest BCUT2D eigenvalue weighted by molar-refractivity contribution is -0.120. The van der Waals surface area contributed by atoms with Crippen molar-refractivity contribution in [1.29, 1.82) is 0 Å². The van der Waals surface area contributed by atoms with Gasteiger partial charge >= 0.3 is 5.97 Å². The molecule has 0 spiro atoms. The molecule has 0 radical (unpaired) electrons. The number of nitrogens with zero attached hydrogens (tertiary/aromatic N) is 5. The summed E-state index contributed by atoms with van der Waals surface area (Å²) in [7, 11) is 1.80. The average molecular weight is 422 g/mol. The highest BCUT2D eigenvalue weighted by Crippen LogP contribution is 2.41. The highest BCUT2D eigenvalue weighted by molar-refractivity contribution is 6.04. The number of hydrogen-bond acceptors (Lipinski definition) is 6. The van der Waals surface area contributed by atoms with Crippen LogP contribution in [0.1, 0.15) is 54.9 Å². The van der Waals surface area contributed by atoms with Gasteiger partial charge in [-0.25, -0.2) is 9.78 Å². The molecule has 0 bridgehead atoms. The van der Waals surface area contributed by atoms with Gasteiger partial charge in [-0.2, -0.15) is 4.98 Å². The monoisotopic (exact) mass is 421 g/mol. The Morgan fingerprint density at radius 2 is 2.00 bits per heavy atom. The number of benzene rings is 1. The van der Waals surface area contributed by atoms with E-state index in [0.717, 1.165) is 48.4 Å². The van der Waals surface area contributed by atoms with Gasteiger partial charge in [-0.1, -0.05) is 19.8 Å². The second-order valence-electron chi connectivity index (χ2n) is 8.60. The molecule has 3 heterocycles. The standard InChI is InChI=1S/C23H27N5O3/c1-3-17-21(29)26(2)19-13-24-23(25-20(19)28(17)16-6-4-5-7-16)27-11-10-14-12-15(22(30)31)8-9-18(14)27/h8-9,12-13,16-17H,3-7,10-11H2,1-2H3,(H,30,31). The SMILES string of the molecule is CCC1C(=O)N(C)c2cnc(N3CCc4cc(C(=O)O)ccc43)nc2N1C1CCCC1. The molecule has 1 aliphatic carbocycles. The first-order valence-electron chi connectivity index (χ1n) is 11.1. The Hall–Kier alpha value is -3.16. The molecule has 1 saturated carbocycles. The molecule has 1 aromatic carbocycles. The van der Waals surface area contributed by atoms with Crippen LogP contribution in [-0.2, 0) is 11.2 Å². The lowest BCUT2D eigenvalue weighted by Crippen LogP contribution is -2.55. The van der Waals surface area contributed by atoms with Crippen molar-refractivity contribution in [2.75, 3.05) is 28.3 Å². The van der Waals surface area contributed by atoms with Crippen LogP contribution in [0.15, 0.2) is 24.4 Å². The molecule has 5 rings (SSSR count). The minimum absolute atomic E-state index is 0.103. The molecule has 1 fully saturated rings. The Bertz CT molecular complexity index is 1050. The molecule has 1 amide bonds. The average Bonchev–Trinajstić information content (AvgIpc) is 3.45. The van der Waals surface area contributed by atoms with Crippen LogP contribution in [-0.4, -0.2) is 52.6 Å². The Balaban J connectivity index is 1.57. The van der Waals surface area contributed by atoms with Gasteiger partial charge in [-0.05, 0) is 49.4 Å². The predicted octanol–water partition coefficient (Wildman–Crippen LogP) is 3.37. The van der Waals surface area contributed by atoms with Crippen LogP contribution in [0.5, 0.6) is 0 Å². The number of hydrogen-bond donors (Lipinski definition) is 1. The molecule has 1 unspecified atom stereocenters. The maximum Gasteiger partial charge on any atom is 0.335 e. The van der Waals surface area contributed by atoms with Crippen molar-refractivity contribution in [3.8, 4) is 0 Å². The molecule has 2 aromatic rings. The number of amides is 1. The zero-order valence-electron chi connectivity index (χ0n) is 17.9. The number of carbonyl (C=O) groups excluding carboxylic acids is 1. The maximum atomic E-state index is 13.0. The van der Waals surface area contributed by atoms with Crippen molar-refractivity contribution in [1.82, 2.24) is 9.97 Å². The first-order chi connectivity index (χ1) is 15.0. The second-order valence-corrected chi connectivity index (χ2v) is 8.60. The van der Waals surface area contributed by atoms with Crippen molar-refractivity contribution < 1.29 is 14.7 Å². The third-order valence-corrected chi connectivity index (χ3v) is 6.86. The van der Waals surface area contributed by atoms with E-state index in [1.807, 2.05) is 11.0 Å². The molecule has 1 N–H and O–H groups in total. The van der Waals surface area contributed by atoms with E-state index >= 15 is 0 Å². The summed E-state index contributed by atoms with van der Waals surface area (Å²) >= 11 is 0. The fourth-order valence-electron chi connectivity index (χ4n) is 5.25. The summed E-state index contributed by atoms with van der Waals surface area (Å²) in [5, 5.41) is 9.28. The summed E-state index contributed by atoms with van der Waals surface area (Å²) in [5.41, 5.74) is 2.99. The predicted molar refractivity (Wildman–Crippen MR) is 118 cm³/mol. The van der Waals surface area contributed by atoms with Gasteiger partial charge in [0.15, 0.2) is 5.82 Å². The van der Waals surface area contributed by atoms with E-state index in [9.17, 15) is 14.7 Å². The molecule has 8 nitrogen and oxygen atoms in total. The number of fused-ring (bicyclic) bond motifs is 2. The van der Waals surface area contributed by atoms with Crippen molar-refractivity contribution >= 4 is 35.0 Å². The van der Waals surface area contributed by atoms with Gasteiger partial charge in [0.25, 0.3) is 0 Å². The quantitative estimate of drug-likeness (QED) is 0.809. The summed E-state index contributed by atoms with van der Waals surface area (Å²) in [5.74, 6) is 0.616. The summed E-state index contributed by atoms with van der Waals surface area (Å²) < 4.78 is 0. The molecule has 1 aromatic heterocycles. The second kappa shape index (κ2) is 7.51. The van der Waals surface area contributed by atoms with E-state index in [1.54, 1.807) is 30.3 Å². The molecule has 8 heteroatoms. The first kappa shape index (κ1) is 19.8. The van der Waals surface area contributed by atoms with E-state index < -0.39 is 5.97 Å². The minimum atomic E-state index is -0.920. The van der Waals surface area contributed by atoms with Crippen LogP contribution >= 0.6 is 0 Å². The lowest BCUT2D eigenvalue weighted by atomic mass is 10.0. The lowest BCUT2D eigenvalue weighted by Gasteiger charge is -2.43. The molecule has 162 valence electrons. The molecule has 1 atom stereocenters. The van der Waals surface area contributed by atoms with Crippen molar-refractivity contribution in [2.24, 2.45) is 0 Å². The number of rotatable bonds is 4. The van der Waals surface area contributed by atoms with E-state index in [-0.39, 0.29) is 11.9 Å². The van der Waals surface area contributed by atoms with Crippen LogP contribution in [0.25, 0.3) is 0 Å². The molecular formula is C23H27N5O3. The molecular weight excluding hydrogens is 394 g/mol. The van der Waals surface area contributed by atoms with Crippen LogP contribution in [0.2, 0.25) is 0 Å². The number of aromatic carboxylic acids is 1. The van der Waals surface area contributed by atoms with Crippen molar-refractivity contribution in [2.45, 2.75) is 57.5 Å². The smallest absolute Gasteiger partial charge is 0.335 e. The largest absolute Gasteiger partial charge is 0.478 e.